The molecule has 2 N–H and O–H groups in total. The molecule has 0 saturated carbocycles. The number of phenols is 1. The Morgan fingerprint density at radius 1 is 1.20 bits per heavy atom. The average Bonchev–Trinajstić information content (AvgIpc) is 2.52. The number of allylic oxidation sites excluding steroid dienone is 2. The van der Waals surface area contributed by atoms with E-state index in [0.29, 0.717) is 18.1 Å². The molecule has 0 saturated heterocycles. The van der Waals surface area contributed by atoms with Crippen molar-refractivity contribution in [3.8, 4) is 11.5 Å². The third-order valence-electron chi connectivity index (χ3n) is 2.54. The molecule has 2 rings (SSSR count). The second kappa shape index (κ2) is 3.22. The summed E-state index contributed by atoms with van der Waals surface area (Å²) < 4.78 is 5.65. The summed E-state index contributed by atoms with van der Waals surface area (Å²) in [6.45, 7) is 1.76. The van der Waals surface area contributed by atoms with Crippen LogP contribution in [0.2, 0.25) is 0 Å². The van der Waals surface area contributed by atoms with Gasteiger partial charge in [-0.05, 0) is 0 Å². The van der Waals surface area contributed by atoms with Crippen molar-refractivity contribution in [1.29, 1.82) is 0 Å². The summed E-state index contributed by atoms with van der Waals surface area (Å²) in [7, 11) is -3.10. The first-order valence-electron chi connectivity index (χ1n) is 4.87. The first-order chi connectivity index (χ1) is 6.98. The zero-order valence-electron chi connectivity index (χ0n) is 8.63. The Labute approximate surface area is 89.1 Å². The van der Waals surface area contributed by atoms with Crippen LogP contribution in [-0.2, 0) is 0 Å². The fourth-order valence-electron chi connectivity index (χ4n) is 1.65. The minimum atomic E-state index is -3.10. The fourth-order valence-corrected chi connectivity index (χ4v) is 4.05. The van der Waals surface area contributed by atoms with Crippen molar-refractivity contribution in [3.05, 3.63) is 36.4 Å². The summed E-state index contributed by atoms with van der Waals surface area (Å²) in [6.07, 6.45) is 4.97. The Bertz CT molecular complexity index is 400. The van der Waals surface area contributed by atoms with E-state index in [4.69, 9.17) is 4.52 Å². The molecule has 3 nitrogen and oxygen atoms in total. The molecule has 15 heavy (non-hydrogen) atoms. The molecule has 0 bridgehead atoms. The maximum atomic E-state index is 10.5. The Morgan fingerprint density at radius 3 is 2.40 bits per heavy atom. The molecule has 0 aliphatic carbocycles. The number of benzene rings is 1. The normalized spacial score (nSPS) is 24.3. The number of phenolic OH excluding ortho intramolecular Hbond substituents is 1. The van der Waals surface area contributed by atoms with Gasteiger partial charge < -0.3 is 0 Å². The molecule has 0 spiro atoms. The third-order valence-corrected chi connectivity index (χ3v) is 5.55. The van der Waals surface area contributed by atoms with Crippen LogP contribution in [0.3, 0.4) is 0 Å². The Kier molecular flexibility index (Phi) is 2.25. The van der Waals surface area contributed by atoms with Crippen LogP contribution < -0.4 is 4.52 Å². The van der Waals surface area contributed by atoms with Crippen LogP contribution in [0, 0.1) is 0 Å². The van der Waals surface area contributed by atoms with Crippen LogP contribution in [-0.4, -0.2) is 29.0 Å². The fraction of sp³-hybridized carbons (Fsp3) is 0.273. The molecule has 1 aromatic rings. The van der Waals surface area contributed by atoms with Gasteiger partial charge in [-0.3, -0.25) is 0 Å². The number of hydrogen-bond donors (Lipinski definition) is 2. The molecule has 1 aliphatic heterocycles. The molecular formula is C11H15O3P. The van der Waals surface area contributed by atoms with Gasteiger partial charge in [0.2, 0.25) is 0 Å². The van der Waals surface area contributed by atoms with E-state index in [0.717, 1.165) is 0 Å². The molecule has 0 fully saturated rings. The van der Waals surface area contributed by atoms with Gasteiger partial charge in [0.15, 0.2) is 0 Å². The van der Waals surface area contributed by atoms with Crippen molar-refractivity contribution in [1.82, 2.24) is 0 Å². The summed E-state index contributed by atoms with van der Waals surface area (Å²) in [4.78, 5) is 10.5. The quantitative estimate of drug-likeness (QED) is 0.601. The molecule has 0 unspecified atom stereocenters. The average molecular weight is 226 g/mol. The predicted molar refractivity (Wildman–Crippen MR) is 62.7 cm³/mol. The van der Waals surface area contributed by atoms with Crippen LogP contribution in [0.5, 0.6) is 11.5 Å². The topological polar surface area (TPSA) is 49.7 Å². The van der Waals surface area contributed by atoms with Crippen molar-refractivity contribution in [2.75, 3.05) is 19.0 Å². The van der Waals surface area contributed by atoms with Gasteiger partial charge in [-0.2, -0.15) is 0 Å². The van der Waals surface area contributed by atoms with E-state index in [2.05, 4.69) is 0 Å². The third kappa shape index (κ3) is 2.14. The van der Waals surface area contributed by atoms with E-state index < -0.39 is 7.06 Å². The number of hydrogen-bond acceptors (Lipinski definition) is 3. The summed E-state index contributed by atoms with van der Waals surface area (Å²) in [5.74, 6) is 0.438. The molecule has 1 heterocycles. The summed E-state index contributed by atoms with van der Waals surface area (Å²) in [6, 6.07) is 6.72. The van der Waals surface area contributed by atoms with Gasteiger partial charge >= 0.3 is 88.5 Å². The Morgan fingerprint density at radius 2 is 1.80 bits per heavy atom. The number of aromatic hydroxyl groups is 1. The summed E-state index contributed by atoms with van der Waals surface area (Å²) in [5, 5.41) is 9.56. The van der Waals surface area contributed by atoms with E-state index in [9.17, 15) is 10.00 Å². The molecule has 0 aromatic heterocycles. The van der Waals surface area contributed by atoms with Crippen molar-refractivity contribution in [2.45, 2.75) is 0 Å². The SMILES string of the molecule is CP1(O)(Oc2ccccc2O)CC=CC1. The first kappa shape index (κ1) is 10.5. The van der Waals surface area contributed by atoms with E-state index in [-0.39, 0.29) is 5.75 Å². The second-order valence-electron chi connectivity index (χ2n) is 4.26. The first-order valence-corrected chi connectivity index (χ1v) is 7.79. The van der Waals surface area contributed by atoms with E-state index in [1.54, 1.807) is 30.9 Å². The number of rotatable bonds is 2. The zero-order valence-corrected chi connectivity index (χ0v) is 9.52. The van der Waals surface area contributed by atoms with Crippen LogP contribution in [0.15, 0.2) is 36.4 Å². The molecule has 82 valence electrons. The Balaban J connectivity index is 2.26. The van der Waals surface area contributed by atoms with E-state index in [1.165, 1.54) is 0 Å². The van der Waals surface area contributed by atoms with Crippen molar-refractivity contribution in [3.63, 3.8) is 0 Å². The molecular weight excluding hydrogens is 211 g/mol. The zero-order chi connectivity index (χ0) is 11.0. The van der Waals surface area contributed by atoms with Gasteiger partial charge in [0.25, 0.3) is 0 Å². The molecule has 1 aliphatic rings. The van der Waals surface area contributed by atoms with Crippen molar-refractivity contribution >= 4 is 7.06 Å². The van der Waals surface area contributed by atoms with Crippen LogP contribution in [0.25, 0.3) is 0 Å². The van der Waals surface area contributed by atoms with Gasteiger partial charge in [0, 0.05) is 0 Å². The Hall–Kier alpha value is -1.05. The molecule has 0 atom stereocenters. The molecule has 1 aromatic carbocycles. The maximum absolute atomic E-state index is 10.5. The monoisotopic (exact) mass is 226 g/mol. The standard InChI is InChI=1S/C11H15O3P/c1-15(13,8-4-5-9-15)14-11-7-3-2-6-10(11)12/h2-7,12-13H,8-9H2,1H3. The van der Waals surface area contributed by atoms with Crippen LogP contribution in [0.4, 0.5) is 0 Å². The van der Waals surface area contributed by atoms with Gasteiger partial charge in [-0.1, -0.05) is 0 Å². The van der Waals surface area contributed by atoms with Gasteiger partial charge in [0.05, 0.1) is 0 Å². The van der Waals surface area contributed by atoms with Gasteiger partial charge in [-0.25, -0.2) is 0 Å². The summed E-state index contributed by atoms with van der Waals surface area (Å²) >= 11 is 0. The number of para-hydroxylation sites is 2. The van der Waals surface area contributed by atoms with Crippen LogP contribution >= 0.6 is 7.06 Å². The molecule has 0 radical (unpaired) electrons. The summed E-state index contributed by atoms with van der Waals surface area (Å²) in [5.41, 5.74) is 0. The van der Waals surface area contributed by atoms with Crippen molar-refractivity contribution in [2.24, 2.45) is 0 Å². The van der Waals surface area contributed by atoms with E-state index in [1.807, 2.05) is 12.2 Å². The van der Waals surface area contributed by atoms with E-state index >= 15 is 0 Å². The van der Waals surface area contributed by atoms with Crippen LogP contribution in [0.1, 0.15) is 0 Å². The predicted octanol–water partition coefficient (Wildman–Crippen LogP) is 2.35. The molecule has 0 amide bonds. The van der Waals surface area contributed by atoms with Crippen molar-refractivity contribution < 1.29 is 14.5 Å². The van der Waals surface area contributed by atoms with Gasteiger partial charge in [-0.15, -0.1) is 0 Å². The minimum absolute atomic E-state index is 0.0734. The second-order valence-corrected chi connectivity index (χ2v) is 8.89. The van der Waals surface area contributed by atoms with Gasteiger partial charge in [0.1, 0.15) is 0 Å². The molecule has 4 heteroatoms.